The number of benzene rings is 1. The highest BCUT2D eigenvalue weighted by molar-refractivity contribution is 7.89. The van der Waals surface area contributed by atoms with Gasteiger partial charge in [-0.2, -0.15) is 4.31 Å². The van der Waals surface area contributed by atoms with Gasteiger partial charge in [-0.3, -0.25) is 9.69 Å². The van der Waals surface area contributed by atoms with Gasteiger partial charge >= 0.3 is 0 Å². The number of nitrogens with zero attached hydrogens (tertiary/aromatic N) is 2. The van der Waals surface area contributed by atoms with Crippen molar-refractivity contribution in [1.82, 2.24) is 9.21 Å². The number of nitrogens with two attached hydrogens (primary N) is 1. The number of sulfonamides is 1. The van der Waals surface area contributed by atoms with Crippen LogP contribution in [0.3, 0.4) is 0 Å². The minimum Gasteiger partial charge on any atom is -0.491 e. The van der Waals surface area contributed by atoms with Crippen molar-refractivity contribution < 1.29 is 22.3 Å². The van der Waals surface area contributed by atoms with Crippen LogP contribution in [0.2, 0.25) is 0 Å². The van der Waals surface area contributed by atoms with Crippen molar-refractivity contribution in [3.63, 3.8) is 0 Å². The molecule has 2 heterocycles. The van der Waals surface area contributed by atoms with Gasteiger partial charge < -0.3 is 10.5 Å². The average Bonchev–Trinajstić information content (AvgIpc) is 2.55. The van der Waals surface area contributed by atoms with Gasteiger partial charge in [0.1, 0.15) is 0 Å². The minimum absolute atomic E-state index is 0.0465. The summed E-state index contributed by atoms with van der Waals surface area (Å²) in [6.07, 6.45) is 1.42. The molecule has 1 amide bonds. The van der Waals surface area contributed by atoms with Crippen LogP contribution in [0.1, 0.15) is 19.8 Å². The Balaban J connectivity index is 1.60. The van der Waals surface area contributed by atoms with Gasteiger partial charge in [0.05, 0.1) is 11.5 Å². The third-order valence-corrected chi connectivity index (χ3v) is 6.95. The number of hydrogen-bond acceptors (Lipinski definition) is 5. The Morgan fingerprint density at radius 3 is 2.50 bits per heavy atom. The van der Waals surface area contributed by atoms with Crippen LogP contribution in [0, 0.1) is 11.7 Å². The zero-order valence-corrected chi connectivity index (χ0v) is 15.5. The topological polar surface area (TPSA) is 92.9 Å². The maximum absolute atomic E-state index is 14.0. The normalized spacial score (nSPS) is 20.7. The second-order valence-corrected chi connectivity index (χ2v) is 8.65. The Kier molecular flexibility index (Phi) is 5.50. The first-order chi connectivity index (χ1) is 12.3. The maximum Gasteiger partial charge on any atom is 0.243 e. The third kappa shape index (κ3) is 3.70. The molecule has 9 heteroatoms. The fourth-order valence-corrected chi connectivity index (χ4v) is 4.98. The number of amides is 1. The summed E-state index contributed by atoms with van der Waals surface area (Å²) in [4.78, 5) is 13.4. The fourth-order valence-electron chi connectivity index (χ4n) is 3.46. The van der Waals surface area contributed by atoms with Gasteiger partial charge in [0.15, 0.2) is 11.6 Å². The molecular formula is C17H24FN3O4S. The Hall–Kier alpha value is -1.71. The number of likely N-dealkylation sites (tertiary alicyclic amines) is 1. The summed E-state index contributed by atoms with van der Waals surface area (Å²) in [7, 11) is -3.72. The first kappa shape index (κ1) is 19.1. The van der Waals surface area contributed by atoms with E-state index in [2.05, 4.69) is 4.90 Å². The van der Waals surface area contributed by atoms with E-state index in [0.29, 0.717) is 32.5 Å². The molecule has 0 aliphatic carbocycles. The Bertz CT molecular complexity index is 772. The van der Waals surface area contributed by atoms with Crippen LogP contribution in [-0.2, 0) is 14.8 Å². The van der Waals surface area contributed by atoms with Crippen LogP contribution in [0.15, 0.2) is 23.1 Å². The first-order valence-corrected chi connectivity index (χ1v) is 10.2. The Morgan fingerprint density at radius 1 is 1.31 bits per heavy atom. The number of halogens is 1. The van der Waals surface area contributed by atoms with E-state index in [1.165, 1.54) is 16.4 Å². The van der Waals surface area contributed by atoms with Crippen LogP contribution in [0.25, 0.3) is 0 Å². The standard InChI is InChI=1S/C17H24FN3O4S/c1-2-25-16-4-3-14(9-15(16)18)26(23,24)21-10-13(11-21)20-7-5-12(6-8-20)17(19)22/h3-4,9,12-13H,2,5-8,10-11H2,1H3,(H2,19,22). The average molecular weight is 385 g/mol. The second kappa shape index (κ2) is 7.50. The molecule has 1 aromatic rings. The van der Waals surface area contributed by atoms with Crippen molar-refractivity contribution in [1.29, 1.82) is 0 Å². The van der Waals surface area contributed by atoms with E-state index in [1.807, 2.05) is 0 Å². The molecule has 144 valence electrons. The van der Waals surface area contributed by atoms with E-state index in [4.69, 9.17) is 10.5 Å². The summed E-state index contributed by atoms with van der Waals surface area (Å²) in [5, 5.41) is 0. The monoisotopic (exact) mass is 385 g/mol. The molecule has 0 radical (unpaired) electrons. The van der Waals surface area contributed by atoms with E-state index in [9.17, 15) is 17.6 Å². The molecule has 2 N–H and O–H groups in total. The molecule has 0 atom stereocenters. The highest BCUT2D eigenvalue weighted by Crippen LogP contribution is 2.29. The van der Waals surface area contributed by atoms with Gasteiger partial charge in [-0.1, -0.05) is 0 Å². The number of carbonyl (C=O) groups excluding carboxylic acids is 1. The summed E-state index contributed by atoms with van der Waals surface area (Å²) in [6.45, 7) is 4.27. The van der Waals surface area contributed by atoms with E-state index in [1.54, 1.807) is 6.92 Å². The van der Waals surface area contributed by atoms with Crippen molar-refractivity contribution in [2.24, 2.45) is 11.7 Å². The van der Waals surface area contributed by atoms with Crippen LogP contribution >= 0.6 is 0 Å². The molecule has 0 aromatic heterocycles. The summed E-state index contributed by atoms with van der Waals surface area (Å²) in [6, 6.07) is 3.85. The summed E-state index contributed by atoms with van der Waals surface area (Å²) < 4.78 is 45.7. The van der Waals surface area contributed by atoms with E-state index in [-0.39, 0.29) is 28.5 Å². The summed E-state index contributed by atoms with van der Waals surface area (Å²) in [5.74, 6) is -0.984. The summed E-state index contributed by atoms with van der Waals surface area (Å²) in [5.41, 5.74) is 5.34. The van der Waals surface area contributed by atoms with Crippen LogP contribution in [0.4, 0.5) is 4.39 Å². The highest BCUT2D eigenvalue weighted by Gasteiger charge is 2.41. The molecule has 0 bridgehead atoms. The third-order valence-electron chi connectivity index (χ3n) is 5.12. The number of piperidine rings is 1. The zero-order chi connectivity index (χ0) is 18.9. The molecule has 3 rings (SSSR count). The van der Waals surface area contributed by atoms with Gasteiger partial charge in [-0.15, -0.1) is 0 Å². The Labute approximate surface area is 152 Å². The maximum atomic E-state index is 14.0. The van der Waals surface area contributed by atoms with Crippen molar-refractivity contribution in [2.45, 2.75) is 30.7 Å². The minimum atomic E-state index is -3.72. The first-order valence-electron chi connectivity index (χ1n) is 8.78. The fraction of sp³-hybridized carbons (Fsp3) is 0.588. The lowest BCUT2D eigenvalue weighted by atomic mass is 9.94. The van der Waals surface area contributed by atoms with E-state index in [0.717, 1.165) is 19.2 Å². The molecule has 0 saturated carbocycles. The number of rotatable bonds is 6. The quantitative estimate of drug-likeness (QED) is 0.782. The number of carbonyl (C=O) groups is 1. The lowest BCUT2D eigenvalue weighted by Gasteiger charge is -2.46. The summed E-state index contributed by atoms with van der Waals surface area (Å²) >= 11 is 0. The van der Waals surface area contributed by atoms with Crippen molar-refractivity contribution in [2.75, 3.05) is 32.8 Å². The predicted octanol–water partition coefficient (Wildman–Crippen LogP) is 0.795. The molecule has 0 spiro atoms. The lowest BCUT2D eigenvalue weighted by molar-refractivity contribution is -0.123. The molecule has 26 heavy (non-hydrogen) atoms. The molecule has 0 unspecified atom stereocenters. The highest BCUT2D eigenvalue weighted by atomic mass is 32.2. The second-order valence-electron chi connectivity index (χ2n) is 6.71. The molecule has 2 fully saturated rings. The predicted molar refractivity (Wildman–Crippen MR) is 93.6 cm³/mol. The van der Waals surface area contributed by atoms with Gasteiger partial charge in [0.25, 0.3) is 0 Å². The van der Waals surface area contributed by atoms with Crippen LogP contribution in [-0.4, -0.2) is 62.4 Å². The molecule has 2 saturated heterocycles. The largest absolute Gasteiger partial charge is 0.491 e. The number of ether oxygens (including phenoxy) is 1. The van der Waals surface area contributed by atoms with E-state index < -0.39 is 15.8 Å². The molecule has 2 aliphatic heterocycles. The molecule has 7 nitrogen and oxygen atoms in total. The van der Waals surface area contributed by atoms with Crippen molar-refractivity contribution >= 4 is 15.9 Å². The van der Waals surface area contributed by atoms with E-state index >= 15 is 0 Å². The van der Waals surface area contributed by atoms with Gasteiger partial charge in [0.2, 0.25) is 15.9 Å². The Morgan fingerprint density at radius 2 is 1.96 bits per heavy atom. The zero-order valence-electron chi connectivity index (χ0n) is 14.7. The molecule has 1 aromatic carbocycles. The SMILES string of the molecule is CCOc1ccc(S(=O)(=O)N2CC(N3CCC(C(N)=O)CC3)C2)cc1F. The molecule has 2 aliphatic rings. The van der Waals surface area contributed by atoms with Gasteiger partial charge in [-0.05, 0) is 51.1 Å². The van der Waals surface area contributed by atoms with Gasteiger partial charge in [0, 0.05) is 25.0 Å². The number of hydrogen-bond donors (Lipinski definition) is 1. The smallest absolute Gasteiger partial charge is 0.243 e. The van der Waals surface area contributed by atoms with Gasteiger partial charge in [-0.25, -0.2) is 12.8 Å². The lowest BCUT2D eigenvalue weighted by Crippen LogP contribution is -2.62. The van der Waals surface area contributed by atoms with Crippen LogP contribution < -0.4 is 10.5 Å². The van der Waals surface area contributed by atoms with Crippen molar-refractivity contribution in [3.05, 3.63) is 24.0 Å². The number of primary amides is 1. The van der Waals surface area contributed by atoms with Crippen LogP contribution in [0.5, 0.6) is 5.75 Å². The molecular weight excluding hydrogens is 361 g/mol. The van der Waals surface area contributed by atoms with Crippen molar-refractivity contribution in [3.8, 4) is 5.75 Å².